The van der Waals surface area contributed by atoms with Crippen molar-refractivity contribution in [3.63, 3.8) is 0 Å². The molecule has 0 bridgehead atoms. The van der Waals surface area contributed by atoms with E-state index in [4.69, 9.17) is 18.9 Å². The van der Waals surface area contributed by atoms with E-state index in [1.807, 2.05) is 0 Å². The van der Waals surface area contributed by atoms with E-state index in [1.54, 1.807) is 6.92 Å². The second kappa shape index (κ2) is 12.1. The summed E-state index contributed by atoms with van der Waals surface area (Å²) in [5, 5.41) is 0. The van der Waals surface area contributed by atoms with Gasteiger partial charge in [-0.25, -0.2) is 4.79 Å². The van der Waals surface area contributed by atoms with Crippen LogP contribution < -0.4 is 0 Å². The third-order valence-corrected chi connectivity index (χ3v) is 2.00. The average molecular weight is 274 g/mol. The van der Waals surface area contributed by atoms with Gasteiger partial charge in [0.1, 0.15) is 6.61 Å². The zero-order chi connectivity index (χ0) is 14.5. The van der Waals surface area contributed by atoms with Gasteiger partial charge in [-0.05, 0) is 12.8 Å². The molecule has 0 spiro atoms. The van der Waals surface area contributed by atoms with E-state index in [0.29, 0.717) is 44.5 Å². The van der Waals surface area contributed by atoms with Gasteiger partial charge in [0.15, 0.2) is 0 Å². The zero-order valence-corrected chi connectivity index (χ0v) is 12.3. The molecule has 0 rings (SSSR count). The molecule has 0 aromatic carbocycles. The summed E-state index contributed by atoms with van der Waals surface area (Å²) in [7, 11) is 0. The summed E-state index contributed by atoms with van der Waals surface area (Å²) in [6.07, 6.45) is 0. The number of carbonyl (C=O) groups excluding carboxylic acids is 1. The number of rotatable bonds is 12. The summed E-state index contributed by atoms with van der Waals surface area (Å²) in [5.41, 5.74) is 0.393. The van der Waals surface area contributed by atoms with E-state index in [0.717, 1.165) is 6.61 Å². The van der Waals surface area contributed by atoms with Crippen LogP contribution in [0.5, 0.6) is 0 Å². The van der Waals surface area contributed by atoms with Crippen molar-refractivity contribution < 1.29 is 23.7 Å². The summed E-state index contributed by atoms with van der Waals surface area (Å²) in [4.78, 5) is 11.0. The topological polar surface area (TPSA) is 54.0 Å². The Morgan fingerprint density at radius 3 is 1.89 bits per heavy atom. The molecular weight excluding hydrogens is 248 g/mol. The first-order valence-electron chi connectivity index (χ1n) is 6.60. The molecule has 0 fully saturated rings. The molecule has 0 aliphatic rings. The molecule has 0 saturated heterocycles. The summed E-state index contributed by atoms with van der Waals surface area (Å²) in [5.74, 6) is 0.160. The third kappa shape index (κ3) is 13.3. The van der Waals surface area contributed by atoms with E-state index in [9.17, 15) is 4.79 Å². The summed E-state index contributed by atoms with van der Waals surface area (Å²) >= 11 is 0. The van der Waals surface area contributed by atoms with Crippen LogP contribution >= 0.6 is 0 Å². The number of ether oxygens (including phenoxy) is 4. The maximum Gasteiger partial charge on any atom is 0.333 e. The van der Waals surface area contributed by atoms with Gasteiger partial charge in [-0.2, -0.15) is 0 Å². The highest BCUT2D eigenvalue weighted by molar-refractivity contribution is 5.86. The van der Waals surface area contributed by atoms with Crippen molar-refractivity contribution in [1.29, 1.82) is 0 Å². The Balaban J connectivity index is 3.11. The SMILES string of the molecule is C=C(C)C(=O)OCCOCCOCCOCC(C)C. The van der Waals surface area contributed by atoms with Crippen LogP contribution in [0.2, 0.25) is 0 Å². The quantitative estimate of drug-likeness (QED) is 0.309. The van der Waals surface area contributed by atoms with E-state index >= 15 is 0 Å². The van der Waals surface area contributed by atoms with Crippen LogP contribution in [0.3, 0.4) is 0 Å². The molecule has 0 aromatic rings. The summed E-state index contributed by atoms with van der Waals surface area (Å²) in [6.45, 7) is 12.8. The van der Waals surface area contributed by atoms with Gasteiger partial charge in [-0.1, -0.05) is 20.4 Å². The normalized spacial score (nSPS) is 10.7. The molecule has 0 saturated carbocycles. The van der Waals surface area contributed by atoms with Crippen molar-refractivity contribution in [3.05, 3.63) is 12.2 Å². The minimum absolute atomic E-state index is 0.239. The minimum Gasteiger partial charge on any atom is -0.460 e. The van der Waals surface area contributed by atoms with Crippen molar-refractivity contribution in [3.8, 4) is 0 Å². The fourth-order valence-corrected chi connectivity index (χ4v) is 1.08. The van der Waals surface area contributed by atoms with Crippen LogP contribution in [0.25, 0.3) is 0 Å². The Labute approximate surface area is 115 Å². The zero-order valence-electron chi connectivity index (χ0n) is 12.3. The molecule has 0 aromatic heterocycles. The molecule has 0 aliphatic carbocycles. The van der Waals surface area contributed by atoms with Crippen LogP contribution in [0.4, 0.5) is 0 Å². The van der Waals surface area contributed by atoms with Crippen molar-refractivity contribution in [2.75, 3.05) is 46.2 Å². The Bertz CT molecular complexity index is 250. The highest BCUT2D eigenvalue weighted by Crippen LogP contribution is 1.93. The molecule has 5 nitrogen and oxygen atoms in total. The molecule has 0 aliphatic heterocycles. The Morgan fingerprint density at radius 2 is 1.42 bits per heavy atom. The highest BCUT2D eigenvalue weighted by atomic mass is 16.6. The lowest BCUT2D eigenvalue weighted by Crippen LogP contribution is -2.14. The minimum atomic E-state index is -0.387. The first-order valence-corrected chi connectivity index (χ1v) is 6.60. The van der Waals surface area contributed by atoms with Gasteiger partial charge in [0.05, 0.1) is 33.0 Å². The van der Waals surface area contributed by atoms with Gasteiger partial charge in [0, 0.05) is 12.2 Å². The first-order chi connectivity index (χ1) is 9.04. The fraction of sp³-hybridized carbons (Fsp3) is 0.786. The van der Waals surface area contributed by atoms with Crippen LogP contribution in [-0.4, -0.2) is 52.2 Å². The van der Waals surface area contributed by atoms with E-state index in [2.05, 4.69) is 20.4 Å². The van der Waals surface area contributed by atoms with Crippen molar-refractivity contribution in [2.24, 2.45) is 5.92 Å². The van der Waals surface area contributed by atoms with Gasteiger partial charge in [0.25, 0.3) is 0 Å². The molecule has 112 valence electrons. The highest BCUT2D eigenvalue weighted by Gasteiger charge is 2.01. The molecule has 5 heteroatoms. The van der Waals surface area contributed by atoms with Crippen molar-refractivity contribution in [1.82, 2.24) is 0 Å². The second-order valence-corrected chi connectivity index (χ2v) is 4.61. The molecule has 19 heavy (non-hydrogen) atoms. The summed E-state index contributed by atoms with van der Waals surface area (Å²) in [6, 6.07) is 0. The molecule has 0 atom stereocenters. The van der Waals surface area contributed by atoms with E-state index in [-0.39, 0.29) is 12.6 Å². The molecule has 0 N–H and O–H groups in total. The number of hydrogen-bond donors (Lipinski definition) is 0. The predicted octanol–water partition coefficient (Wildman–Crippen LogP) is 1.81. The smallest absolute Gasteiger partial charge is 0.333 e. The average Bonchev–Trinajstić information content (AvgIpc) is 2.35. The lowest BCUT2D eigenvalue weighted by molar-refractivity contribution is -0.140. The third-order valence-electron chi connectivity index (χ3n) is 2.00. The number of hydrogen-bond acceptors (Lipinski definition) is 5. The predicted molar refractivity (Wildman–Crippen MR) is 73.1 cm³/mol. The molecule has 0 amide bonds. The molecule has 0 radical (unpaired) electrons. The fourth-order valence-electron chi connectivity index (χ4n) is 1.08. The molecule has 0 unspecified atom stereocenters. The van der Waals surface area contributed by atoms with Gasteiger partial charge in [-0.3, -0.25) is 0 Å². The van der Waals surface area contributed by atoms with E-state index in [1.165, 1.54) is 0 Å². The number of esters is 1. The monoisotopic (exact) mass is 274 g/mol. The molecule has 0 heterocycles. The van der Waals surface area contributed by atoms with E-state index < -0.39 is 0 Å². The van der Waals surface area contributed by atoms with Gasteiger partial charge in [0.2, 0.25) is 0 Å². The number of carbonyl (C=O) groups is 1. The summed E-state index contributed by atoms with van der Waals surface area (Å²) < 4.78 is 20.8. The first kappa shape index (κ1) is 18.1. The second-order valence-electron chi connectivity index (χ2n) is 4.61. The van der Waals surface area contributed by atoms with Gasteiger partial charge in [-0.15, -0.1) is 0 Å². The van der Waals surface area contributed by atoms with Gasteiger partial charge < -0.3 is 18.9 Å². The maximum absolute atomic E-state index is 11.0. The van der Waals surface area contributed by atoms with Crippen LogP contribution in [0.15, 0.2) is 12.2 Å². The Kier molecular flexibility index (Phi) is 11.6. The Hall–Kier alpha value is -0.910. The lowest BCUT2D eigenvalue weighted by Gasteiger charge is -2.08. The van der Waals surface area contributed by atoms with Gasteiger partial charge >= 0.3 is 5.97 Å². The maximum atomic E-state index is 11.0. The lowest BCUT2D eigenvalue weighted by atomic mass is 10.2. The van der Waals surface area contributed by atoms with Crippen LogP contribution in [0.1, 0.15) is 20.8 Å². The van der Waals surface area contributed by atoms with Crippen LogP contribution in [0, 0.1) is 5.92 Å². The van der Waals surface area contributed by atoms with Crippen molar-refractivity contribution >= 4 is 5.97 Å². The van der Waals surface area contributed by atoms with Crippen molar-refractivity contribution in [2.45, 2.75) is 20.8 Å². The molecular formula is C14H26O5. The Morgan fingerprint density at radius 1 is 0.947 bits per heavy atom. The van der Waals surface area contributed by atoms with Crippen LogP contribution in [-0.2, 0) is 23.7 Å². The standard InChI is InChI=1S/C14H26O5/c1-12(2)11-18-8-7-16-5-6-17-9-10-19-14(15)13(3)4/h12H,3,5-11H2,1-2,4H3. The largest absolute Gasteiger partial charge is 0.460 e.